The van der Waals surface area contributed by atoms with Crippen LogP contribution in [0.4, 0.5) is 9.59 Å². The summed E-state index contributed by atoms with van der Waals surface area (Å²) in [4.78, 5) is 74.1. The van der Waals surface area contributed by atoms with E-state index < -0.39 is 24.3 Å². The van der Waals surface area contributed by atoms with E-state index in [1.54, 1.807) is 7.11 Å². The number of nitrogens with zero attached hydrogens (tertiary/aromatic N) is 4. The van der Waals surface area contributed by atoms with E-state index in [0.29, 0.717) is 37.9 Å². The smallest absolute Gasteiger partial charge is 0.407 e. The van der Waals surface area contributed by atoms with Crippen molar-refractivity contribution in [2.75, 3.05) is 34.5 Å². The normalized spacial score (nSPS) is 21.3. The molecular formula is C49H60N8O8. The average molecular weight is 889 g/mol. The molecule has 2 saturated heterocycles. The van der Waals surface area contributed by atoms with E-state index in [1.165, 1.54) is 14.2 Å². The molecule has 16 heteroatoms. The van der Waals surface area contributed by atoms with Crippen molar-refractivity contribution in [3.63, 3.8) is 0 Å². The van der Waals surface area contributed by atoms with Gasteiger partial charge < -0.3 is 49.3 Å². The molecule has 6 atom stereocenters. The number of amides is 4. The fraction of sp³-hybridized carbons (Fsp3) is 0.510. The summed E-state index contributed by atoms with van der Waals surface area (Å²) in [7, 11) is 4.27. The molecule has 344 valence electrons. The van der Waals surface area contributed by atoms with Crippen molar-refractivity contribution in [3.05, 3.63) is 65.4 Å². The lowest BCUT2D eigenvalue weighted by molar-refractivity contribution is -0.137. The van der Waals surface area contributed by atoms with Crippen molar-refractivity contribution >= 4 is 45.8 Å². The predicted molar refractivity (Wildman–Crippen MR) is 244 cm³/mol. The van der Waals surface area contributed by atoms with Gasteiger partial charge in [-0.05, 0) is 91.6 Å². The molecule has 65 heavy (non-hydrogen) atoms. The summed E-state index contributed by atoms with van der Waals surface area (Å²) in [5, 5.41) is 7.47. The first-order valence-electron chi connectivity index (χ1n) is 22.9. The second-order valence-electron chi connectivity index (χ2n) is 18.9. The maximum absolute atomic E-state index is 14.2. The highest BCUT2D eigenvalue weighted by molar-refractivity contribution is 6.07. The molecule has 9 rings (SSSR count). The third-order valence-electron chi connectivity index (χ3n) is 13.8. The van der Waals surface area contributed by atoms with Gasteiger partial charge in [-0.3, -0.25) is 9.59 Å². The Hall–Kier alpha value is -6.16. The third kappa shape index (κ3) is 8.25. The van der Waals surface area contributed by atoms with Crippen molar-refractivity contribution in [2.24, 2.45) is 17.8 Å². The molecule has 3 unspecified atom stereocenters. The van der Waals surface area contributed by atoms with Gasteiger partial charge >= 0.3 is 12.2 Å². The third-order valence-corrected chi connectivity index (χ3v) is 13.8. The number of nitrogens with one attached hydrogen (secondary N) is 4. The number of H-pyrrole nitrogens is 2. The van der Waals surface area contributed by atoms with Gasteiger partial charge in [-0.1, -0.05) is 45.9 Å². The number of fused-ring (bicyclic) bond motifs is 6. The molecule has 4 amide bonds. The molecular weight excluding hydrogens is 829 g/mol. The number of carbonyl (C=O) groups excluding carboxylic acids is 4. The lowest BCUT2D eigenvalue weighted by Crippen LogP contribution is -2.52. The highest BCUT2D eigenvalue weighted by Crippen LogP contribution is 2.48. The number of rotatable bonds is 12. The van der Waals surface area contributed by atoms with Crippen LogP contribution in [-0.4, -0.2) is 106 Å². The number of likely N-dealkylation sites (tertiary alicyclic amines) is 2. The quantitative estimate of drug-likeness (QED) is 0.0958. The monoisotopic (exact) mass is 888 g/mol. The largest absolute Gasteiger partial charge is 0.488 e. The molecule has 1 aliphatic carbocycles. The molecule has 1 saturated carbocycles. The van der Waals surface area contributed by atoms with Gasteiger partial charge in [0.25, 0.3) is 0 Å². The van der Waals surface area contributed by atoms with E-state index in [0.717, 1.165) is 92.7 Å². The van der Waals surface area contributed by atoms with Gasteiger partial charge in [-0.25, -0.2) is 19.6 Å². The Balaban J connectivity index is 1.01. The maximum atomic E-state index is 14.2. The Morgan fingerprint density at radius 3 is 2.20 bits per heavy atom. The number of aromatic nitrogens is 4. The molecule has 0 bridgehead atoms. The van der Waals surface area contributed by atoms with Crippen LogP contribution in [0.1, 0.15) is 108 Å². The second-order valence-corrected chi connectivity index (χ2v) is 18.9. The van der Waals surface area contributed by atoms with E-state index in [-0.39, 0.29) is 47.7 Å². The fourth-order valence-electron chi connectivity index (χ4n) is 10.2. The van der Waals surface area contributed by atoms with Gasteiger partial charge in [0.05, 0.1) is 49.6 Å². The van der Waals surface area contributed by atoms with Crippen LogP contribution < -0.4 is 15.4 Å². The lowest BCUT2D eigenvalue weighted by atomic mass is 9.92. The Kier molecular flexibility index (Phi) is 12.0. The van der Waals surface area contributed by atoms with Crippen molar-refractivity contribution < 1.29 is 38.1 Å². The molecule has 2 aromatic heterocycles. The number of alkyl carbamates (subject to hydrolysis) is 2. The minimum absolute atomic E-state index is 0.0300. The zero-order chi connectivity index (χ0) is 45.8. The van der Waals surface area contributed by atoms with E-state index >= 15 is 0 Å². The van der Waals surface area contributed by atoms with Crippen molar-refractivity contribution in [1.82, 2.24) is 40.4 Å². The lowest BCUT2D eigenvalue weighted by Gasteiger charge is -2.32. The number of methoxy groups -OCH3 is 3. The van der Waals surface area contributed by atoms with E-state index in [9.17, 15) is 19.2 Å². The van der Waals surface area contributed by atoms with Crippen LogP contribution in [0.2, 0.25) is 0 Å². The van der Waals surface area contributed by atoms with Gasteiger partial charge in [0.15, 0.2) is 0 Å². The summed E-state index contributed by atoms with van der Waals surface area (Å²) in [5.41, 5.74) is 7.77. The van der Waals surface area contributed by atoms with Crippen molar-refractivity contribution in [2.45, 2.75) is 109 Å². The maximum Gasteiger partial charge on any atom is 0.407 e. The molecule has 3 aromatic carbocycles. The van der Waals surface area contributed by atoms with Crippen LogP contribution in [0.25, 0.3) is 44.2 Å². The molecule has 5 aromatic rings. The van der Waals surface area contributed by atoms with Crippen LogP contribution in [-0.2, 0) is 30.4 Å². The second kappa shape index (κ2) is 17.7. The number of aromatic amines is 2. The van der Waals surface area contributed by atoms with Gasteiger partial charge in [0.2, 0.25) is 11.8 Å². The Labute approximate surface area is 378 Å². The van der Waals surface area contributed by atoms with E-state index in [2.05, 4.69) is 57.0 Å². The van der Waals surface area contributed by atoms with Crippen LogP contribution in [0.5, 0.6) is 5.75 Å². The van der Waals surface area contributed by atoms with E-state index in [1.807, 2.05) is 50.5 Å². The highest BCUT2D eigenvalue weighted by Gasteiger charge is 2.44. The first-order chi connectivity index (χ1) is 31.3. The molecule has 3 aliphatic heterocycles. The predicted octanol–water partition coefficient (Wildman–Crippen LogP) is 7.89. The summed E-state index contributed by atoms with van der Waals surface area (Å²) in [5.74, 6) is 2.08. The molecule has 5 heterocycles. The Morgan fingerprint density at radius 1 is 0.815 bits per heavy atom. The molecule has 0 radical (unpaired) electrons. The zero-order valence-electron chi connectivity index (χ0n) is 38.4. The highest BCUT2D eigenvalue weighted by atomic mass is 16.5. The minimum Gasteiger partial charge on any atom is -0.488 e. The van der Waals surface area contributed by atoms with E-state index in [4.69, 9.17) is 28.9 Å². The summed E-state index contributed by atoms with van der Waals surface area (Å²) < 4.78 is 21.8. The topological polar surface area (TPSA) is 193 Å². The van der Waals surface area contributed by atoms with Gasteiger partial charge in [0.1, 0.15) is 36.1 Å². The zero-order valence-corrected chi connectivity index (χ0v) is 38.4. The standard InChI is InChI=1S/C49H60N8O8/c1-24(2)39(54-48(60)63-7)46(58)56-21-27(22-62-6)17-37(56)45-51-41(28-10-11-28)42(52-45)30-12-14-32-31(18-30)23-65-38-20-33-29(19-34(32)38)13-15-35-43(33)53-44(50-35)36-16-9-26(5)57(36)47(59)40(25(3)4)55-49(61)64-8/h12-15,18-20,24-28,36-37,39-40H,9-11,16-17,21-23H2,1-8H3,(H,50,53)(H,51,52)(H,54,60)(H,55,61)/t26-,27-,36?,37?,39-,40?/m0/s1. The Morgan fingerprint density at radius 2 is 1.52 bits per heavy atom. The number of carbonyl (C=O) groups is 4. The van der Waals surface area contributed by atoms with Crippen LogP contribution in [0.15, 0.2) is 42.5 Å². The molecule has 4 aliphatic rings. The number of benzene rings is 3. The SMILES string of the molecule is COC[C@H]1CC(c2nc(-c3ccc4c(c3)COc3cc5c(ccc6[nH]c(C7CC[C@H](C)N7C(=O)C(NC(=O)OC)C(C)C)nc65)cc3-4)c(C3CC3)[nH]2)N(C(=O)[C@@H](NC(=O)OC)C(C)C)C1. The van der Waals surface area contributed by atoms with Crippen LogP contribution >= 0.6 is 0 Å². The summed E-state index contributed by atoms with van der Waals surface area (Å²) in [6.45, 7) is 11.1. The fourth-order valence-corrected chi connectivity index (χ4v) is 10.2. The Bertz CT molecular complexity index is 2650. The average Bonchev–Trinajstić information content (AvgIpc) is 3.59. The minimum atomic E-state index is -0.752. The van der Waals surface area contributed by atoms with Gasteiger partial charge in [-0.2, -0.15) is 0 Å². The van der Waals surface area contributed by atoms with Crippen LogP contribution in [0.3, 0.4) is 0 Å². The first kappa shape index (κ1) is 44.1. The summed E-state index contributed by atoms with van der Waals surface area (Å²) in [6.07, 6.45) is 3.10. The number of hydrogen-bond acceptors (Lipinski definition) is 10. The van der Waals surface area contributed by atoms with Gasteiger partial charge in [0, 0.05) is 53.7 Å². The first-order valence-corrected chi connectivity index (χ1v) is 22.9. The van der Waals surface area contributed by atoms with Crippen LogP contribution in [0, 0.1) is 17.8 Å². The summed E-state index contributed by atoms with van der Waals surface area (Å²) >= 11 is 0. The van der Waals surface area contributed by atoms with Crippen molar-refractivity contribution in [3.8, 4) is 28.1 Å². The number of hydrogen-bond donors (Lipinski definition) is 4. The molecule has 16 nitrogen and oxygen atoms in total. The van der Waals surface area contributed by atoms with Gasteiger partial charge in [-0.15, -0.1) is 0 Å². The molecule has 4 N–H and O–H groups in total. The van der Waals surface area contributed by atoms with Crippen molar-refractivity contribution in [1.29, 1.82) is 0 Å². The molecule has 0 spiro atoms. The summed E-state index contributed by atoms with van der Waals surface area (Å²) in [6, 6.07) is 12.7. The molecule has 3 fully saturated rings. The number of ether oxygens (including phenoxy) is 4. The number of imidazole rings is 2.